The first-order valence-electron chi connectivity index (χ1n) is 5.89. The van der Waals surface area contributed by atoms with Crippen LogP contribution in [-0.4, -0.2) is 19.3 Å². The number of rotatable bonds is 5. The Morgan fingerprint density at radius 1 is 1.35 bits per heavy atom. The number of hydrogen-bond acceptors (Lipinski definition) is 3. The molecule has 2 rings (SSSR count). The number of hydrogen-bond donors (Lipinski definition) is 1. The molecule has 92 valence electrons. The SMILES string of the molecule is CCn1cncc1CNCc1cn(C)nc1C. The highest BCUT2D eigenvalue weighted by Gasteiger charge is 2.03. The largest absolute Gasteiger partial charge is 0.334 e. The molecule has 0 aliphatic rings. The topological polar surface area (TPSA) is 47.7 Å². The van der Waals surface area contributed by atoms with E-state index < -0.39 is 0 Å². The highest BCUT2D eigenvalue weighted by Crippen LogP contribution is 2.05. The summed E-state index contributed by atoms with van der Waals surface area (Å²) in [6.07, 6.45) is 5.83. The van der Waals surface area contributed by atoms with Gasteiger partial charge in [-0.05, 0) is 13.8 Å². The maximum Gasteiger partial charge on any atom is 0.0948 e. The Bertz CT molecular complexity index is 483. The molecule has 0 bridgehead atoms. The summed E-state index contributed by atoms with van der Waals surface area (Å²) in [7, 11) is 1.95. The van der Waals surface area contributed by atoms with Crippen LogP contribution in [0.5, 0.6) is 0 Å². The fourth-order valence-corrected chi connectivity index (χ4v) is 1.93. The van der Waals surface area contributed by atoms with Crippen LogP contribution in [0.2, 0.25) is 0 Å². The third-order valence-electron chi connectivity index (χ3n) is 2.88. The third-order valence-corrected chi connectivity index (χ3v) is 2.88. The van der Waals surface area contributed by atoms with Crippen LogP contribution in [0.15, 0.2) is 18.7 Å². The summed E-state index contributed by atoms with van der Waals surface area (Å²) in [5.41, 5.74) is 3.55. The van der Waals surface area contributed by atoms with Gasteiger partial charge in [0.15, 0.2) is 0 Å². The maximum absolute atomic E-state index is 4.32. The molecule has 0 aliphatic heterocycles. The minimum absolute atomic E-state index is 0.835. The molecule has 0 amide bonds. The number of aryl methyl sites for hydroxylation is 3. The first-order chi connectivity index (χ1) is 8.20. The van der Waals surface area contributed by atoms with Gasteiger partial charge in [-0.15, -0.1) is 0 Å². The molecule has 2 aromatic rings. The van der Waals surface area contributed by atoms with Gasteiger partial charge in [0, 0.05) is 44.6 Å². The Labute approximate surface area is 101 Å². The molecule has 0 unspecified atom stereocenters. The molecule has 1 N–H and O–H groups in total. The average molecular weight is 233 g/mol. The van der Waals surface area contributed by atoms with Gasteiger partial charge in [0.2, 0.25) is 0 Å². The zero-order valence-corrected chi connectivity index (χ0v) is 10.6. The van der Waals surface area contributed by atoms with Crippen molar-refractivity contribution >= 4 is 0 Å². The number of nitrogens with zero attached hydrogens (tertiary/aromatic N) is 4. The molecule has 0 fully saturated rings. The van der Waals surface area contributed by atoms with Gasteiger partial charge in [-0.3, -0.25) is 4.68 Å². The minimum Gasteiger partial charge on any atom is -0.334 e. The first-order valence-corrected chi connectivity index (χ1v) is 5.89. The van der Waals surface area contributed by atoms with E-state index in [2.05, 4.69) is 33.1 Å². The Kier molecular flexibility index (Phi) is 3.58. The Morgan fingerprint density at radius 3 is 2.82 bits per heavy atom. The highest BCUT2D eigenvalue weighted by atomic mass is 15.2. The fourth-order valence-electron chi connectivity index (χ4n) is 1.93. The molecule has 0 saturated carbocycles. The van der Waals surface area contributed by atoms with Gasteiger partial charge in [-0.1, -0.05) is 0 Å². The Hall–Kier alpha value is -1.62. The van der Waals surface area contributed by atoms with E-state index >= 15 is 0 Å². The van der Waals surface area contributed by atoms with E-state index in [1.165, 1.54) is 11.3 Å². The second kappa shape index (κ2) is 5.14. The van der Waals surface area contributed by atoms with Crippen molar-refractivity contribution in [3.63, 3.8) is 0 Å². The van der Waals surface area contributed by atoms with Crippen molar-refractivity contribution in [2.45, 2.75) is 33.5 Å². The van der Waals surface area contributed by atoms with E-state index in [4.69, 9.17) is 0 Å². The maximum atomic E-state index is 4.32. The predicted molar refractivity (Wildman–Crippen MR) is 66.4 cm³/mol. The van der Waals surface area contributed by atoms with Crippen LogP contribution < -0.4 is 5.32 Å². The summed E-state index contributed by atoms with van der Waals surface area (Å²) in [4.78, 5) is 4.15. The van der Waals surface area contributed by atoms with Crippen LogP contribution in [0.3, 0.4) is 0 Å². The zero-order chi connectivity index (χ0) is 12.3. The summed E-state index contributed by atoms with van der Waals surface area (Å²) in [5.74, 6) is 0. The van der Waals surface area contributed by atoms with Crippen molar-refractivity contribution in [1.82, 2.24) is 24.6 Å². The van der Waals surface area contributed by atoms with Crippen molar-refractivity contribution in [2.24, 2.45) is 7.05 Å². The van der Waals surface area contributed by atoms with Gasteiger partial charge in [0.05, 0.1) is 17.7 Å². The average Bonchev–Trinajstić information content (AvgIpc) is 2.86. The van der Waals surface area contributed by atoms with Gasteiger partial charge < -0.3 is 9.88 Å². The summed E-state index contributed by atoms with van der Waals surface area (Å²) < 4.78 is 3.99. The molecule has 0 aromatic carbocycles. The van der Waals surface area contributed by atoms with Gasteiger partial charge in [-0.25, -0.2) is 4.98 Å². The minimum atomic E-state index is 0.835. The van der Waals surface area contributed by atoms with Crippen molar-refractivity contribution in [1.29, 1.82) is 0 Å². The van der Waals surface area contributed by atoms with E-state index in [1.54, 1.807) is 0 Å². The fraction of sp³-hybridized carbons (Fsp3) is 0.500. The lowest BCUT2D eigenvalue weighted by Crippen LogP contribution is -2.15. The molecule has 0 aliphatic carbocycles. The van der Waals surface area contributed by atoms with Gasteiger partial charge in [0.1, 0.15) is 0 Å². The molecule has 0 radical (unpaired) electrons. The molecule has 5 heteroatoms. The molecule has 5 nitrogen and oxygen atoms in total. The van der Waals surface area contributed by atoms with Crippen LogP contribution in [0.25, 0.3) is 0 Å². The van der Waals surface area contributed by atoms with Gasteiger partial charge in [0.25, 0.3) is 0 Å². The predicted octanol–water partition coefficient (Wildman–Crippen LogP) is 1.23. The lowest BCUT2D eigenvalue weighted by molar-refractivity contribution is 0.627. The standard InChI is InChI=1S/C12H19N5/c1-4-17-9-14-7-12(17)6-13-5-11-8-16(3)15-10(11)2/h7-9,13H,4-6H2,1-3H3. The summed E-state index contributed by atoms with van der Waals surface area (Å²) in [6.45, 7) is 6.80. The Morgan fingerprint density at radius 2 is 2.18 bits per heavy atom. The molecule has 0 atom stereocenters. The van der Waals surface area contributed by atoms with E-state index in [1.807, 2.05) is 31.2 Å². The third kappa shape index (κ3) is 2.74. The smallest absolute Gasteiger partial charge is 0.0948 e. The number of aromatic nitrogens is 4. The molecular weight excluding hydrogens is 214 g/mol. The summed E-state index contributed by atoms with van der Waals surface area (Å²) in [5, 5.41) is 7.74. The van der Waals surface area contributed by atoms with Crippen molar-refractivity contribution in [3.05, 3.63) is 35.7 Å². The highest BCUT2D eigenvalue weighted by molar-refractivity contribution is 5.15. The summed E-state index contributed by atoms with van der Waals surface area (Å²) in [6, 6.07) is 0. The van der Waals surface area contributed by atoms with Crippen molar-refractivity contribution in [2.75, 3.05) is 0 Å². The molecular formula is C12H19N5. The number of nitrogens with one attached hydrogen (secondary N) is 1. The molecule has 0 saturated heterocycles. The quantitative estimate of drug-likeness (QED) is 0.845. The van der Waals surface area contributed by atoms with Crippen LogP contribution in [0, 0.1) is 6.92 Å². The normalized spacial score (nSPS) is 11.0. The lowest BCUT2D eigenvalue weighted by atomic mass is 10.2. The molecule has 17 heavy (non-hydrogen) atoms. The second-order valence-corrected chi connectivity index (χ2v) is 4.19. The van der Waals surface area contributed by atoms with Gasteiger partial charge >= 0.3 is 0 Å². The second-order valence-electron chi connectivity index (χ2n) is 4.19. The van der Waals surface area contributed by atoms with Crippen molar-refractivity contribution < 1.29 is 0 Å². The van der Waals surface area contributed by atoms with E-state index in [-0.39, 0.29) is 0 Å². The lowest BCUT2D eigenvalue weighted by Gasteiger charge is -2.06. The molecule has 2 aromatic heterocycles. The van der Waals surface area contributed by atoms with Crippen molar-refractivity contribution in [3.8, 4) is 0 Å². The number of imidazole rings is 1. The van der Waals surface area contributed by atoms with Gasteiger partial charge in [-0.2, -0.15) is 5.10 Å². The van der Waals surface area contributed by atoms with E-state index in [0.29, 0.717) is 0 Å². The van der Waals surface area contributed by atoms with E-state index in [9.17, 15) is 0 Å². The zero-order valence-electron chi connectivity index (χ0n) is 10.6. The monoisotopic (exact) mass is 233 g/mol. The molecule has 2 heterocycles. The molecule has 0 spiro atoms. The van der Waals surface area contributed by atoms with Crippen LogP contribution >= 0.6 is 0 Å². The first kappa shape index (κ1) is 11.9. The van der Waals surface area contributed by atoms with Crippen LogP contribution in [-0.2, 0) is 26.7 Å². The Balaban J connectivity index is 1.89. The van der Waals surface area contributed by atoms with Crippen LogP contribution in [0.4, 0.5) is 0 Å². The summed E-state index contributed by atoms with van der Waals surface area (Å²) >= 11 is 0. The van der Waals surface area contributed by atoms with Crippen LogP contribution in [0.1, 0.15) is 23.9 Å². The van der Waals surface area contributed by atoms with E-state index in [0.717, 1.165) is 25.3 Å².